The highest BCUT2D eigenvalue weighted by Crippen LogP contribution is 2.28. The average molecular weight is 581 g/mol. The van der Waals surface area contributed by atoms with E-state index >= 15 is 0 Å². The summed E-state index contributed by atoms with van der Waals surface area (Å²) in [5.74, 6) is -0.336. The van der Waals surface area contributed by atoms with Gasteiger partial charge in [0, 0.05) is 37.2 Å². The smallest absolute Gasteiger partial charge is 0.252 e. The molecule has 2 atom stereocenters. The van der Waals surface area contributed by atoms with Gasteiger partial charge in [-0.05, 0) is 49.1 Å². The fraction of sp³-hybridized carbons (Fsp3) is 0.333. The number of aliphatic hydroxyl groups excluding tert-OH is 1. The first-order valence-corrected chi connectivity index (χ1v) is 14.8. The Labute approximate surface area is 239 Å². The lowest BCUT2D eigenvalue weighted by Crippen LogP contribution is -2.51. The maximum atomic E-state index is 13.8. The molecule has 0 saturated carbocycles. The quantitative estimate of drug-likeness (QED) is 0.154. The van der Waals surface area contributed by atoms with E-state index in [4.69, 9.17) is 10.2 Å². The molecular formula is C30H36N4O6S. The molecule has 0 unspecified atom stereocenters. The van der Waals surface area contributed by atoms with Gasteiger partial charge < -0.3 is 25.7 Å². The number of nitrogens with one attached hydrogen (secondary N) is 1. The molecule has 3 aromatic carbocycles. The molecule has 4 rings (SSSR count). The Bertz CT molecular complexity index is 1640. The zero-order chi connectivity index (χ0) is 29.9. The zero-order valence-corrected chi connectivity index (χ0v) is 24.4. The van der Waals surface area contributed by atoms with E-state index in [-0.39, 0.29) is 47.3 Å². The van der Waals surface area contributed by atoms with Gasteiger partial charge in [0.1, 0.15) is 11.3 Å². The summed E-state index contributed by atoms with van der Waals surface area (Å²) in [5.41, 5.74) is 8.16. The van der Waals surface area contributed by atoms with Crippen molar-refractivity contribution in [3.8, 4) is 5.75 Å². The van der Waals surface area contributed by atoms with Gasteiger partial charge in [-0.25, -0.2) is 13.4 Å². The third-order valence-electron chi connectivity index (χ3n) is 6.85. The van der Waals surface area contributed by atoms with Crippen LogP contribution in [0.5, 0.6) is 5.75 Å². The summed E-state index contributed by atoms with van der Waals surface area (Å²) in [7, 11) is -4.05. The molecule has 0 saturated heterocycles. The summed E-state index contributed by atoms with van der Waals surface area (Å²) in [6.45, 7) is 6.91. The Morgan fingerprint density at radius 2 is 1.78 bits per heavy atom. The number of hydrogen-bond donors (Lipinski definition) is 4. The Hall–Kier alpha value is -3.93. The van der Waals surface area contributed by atoms with E-state index in [0.29, 0.717) is 22.6 Å². The van der Waals surface area contributed by atoms with Crippen LogP contribution in [-0.4, -0.2) is 59.1 Å². The third-order valence-corrected chi connectivity index (χ3v) is 8.68. The first kappa shape index (κ1) is 30.0. The van der Waals surface area contributed by atoms with Gasteiger partial charge in [-0.2, -0.15) is 4.31 Å². The third kappa shape index (κ3) is 6.87. The highest BCUT2D eigenvalue weighted by molar-refractivity contribution is 7.89. The van der Waals surface area contributed by atoms with Gasteiger partial charge in [-0.1, -0.05) is 44.2 Å². The van der Waals surface area contributed by atoms with Crippen LogP contribution in [0, 0.1) is 19.8 Å². The van der Waals surface area contributed by atoms with Crippen LogP contribution in [0.4, 0.5) is 5.69 Å². The minimum Gasteiger partial charge on any atom is -0.505 e. The Kier molecular flexibility index (Phi) is 9.01. The number of rotatable bonds is 11. The summed E-state index contributed by atoms with van der Waals surface area (Å²) >= 11 is 0. The van der Waals surface area contributed by atoms with Crippen LogP contribution < -0.4 is 11.1 Å². The number of hydrogen-bond acceptors (Lipinski definition) is 8. The summed E-state index contributed by atoms with van der Waals surface area (Å²) in [6.07, 6.45) is -1.03. The van der Waals surface area contributed by atoms with E-state index in [1.54, 1.807) is 19.9 Å². The molecule has 1 heterocycles. The van der Waals surface area contributed by atoms with E-state index < -0.39 is 28.1 Å². The van der Waals surface area contributed by atoms with Gasteiger partial charge >= 0.3 is 0 Å². The number of aromatic nitrogens is 1. The van der Waals surface area contributed by atoms with Gasteiger partial charge in [0.25, 0.3) is 5.91 Å². The summed E-state index contributed by atoms with van der Waals surface area (Å²) in [6, 6.07) is 15.9. The van der Waals surface area contributed by atoms with Crippen LogP contribution in [0.3, 0.4) is 0 Å². The van der Waals surface area contributed by atoms with Crippen LogP contribution >= 0.6 is 0 Å². The van der Waals surface area contributed by atoms with Crippen molar-refractivity contribution < 1.29 is 27.8 Å². The van der Waals surface area contributed by atoms with Crippen LogP contribution in [0.2, 0.25) is 0 Å². The number of sulfonamides is 1. The molecule has 218 valence electrons. The fourth-order valence-corrected chi connectivity index (χ4v) is 6.35. The molecule has 11 heteroatoms. The number of nitrogens with two attached hydrogens (primary N) is 1. The van der Waals surface area contributed by atoms with Gasteiger partial charge in [0.05, 0.1) is 22.7 Å². The molecule has 0 aliphatic rings. The molecule has 0 aliphatic heterocycles. The second-order valence-electron chi connectivity index (χ2n) is 10.6. The molecule has 0 bridgehead atoms. The number of anilines is 1. The fourth-order valence-electron chi connectivity index (χ4n) is 4.71. The number of benzene rings is 3. The van der Waals surface area contributed by atoms with Crippen molar-refractivity contribution in [3.05, 3.63) is 83.2 Å². The number of aromatic hydroxyl groups is 1. The van der Waals surface area contributed by atoms with Gasteiger partial charge in [0.15, 0.2) is 11.5 Å². The van der Waals surface area contributed by atoms with E-state index in [1.807, 2.05) is 44.2 Å². The predicted molar refractivity (Wildman–Crippen MR) is 157 cm³/mol. The van der Waals surface area contributed by atoms with Crippen molar-refractivity contribution in [1.29, 1.82) is 0 Å². The number of phenolic OH excluding ortho intramolecular Hbond substituents is 1. The molecule has 0 fully saturated rings. The van der Waals surface area contributed by atoms with E-state index in [9.17, 15) is 23.4 Å². The van der Waals surface area contributed by atoms with Gasteiger partial charge in [0.2, 0.25) is 10.0 Å². The summed E-state index contributed by atoms with van der Waals surface area (Å²) in [4.78, 5) is 17.6. The SMILES string of the molecule is Cc1nc2ccc(S(=O)(=O)N(CC(C)C)C[C@@H](O)[C@H](Cc3ccccc3)NC(=O)c3ccc(N)c(O)c3C)cc2o1. The van der Waals surface area contributed by atoms with E-state index in [0.717, 1.165) is 5.56 Å². The van der Waals surface area contributed by atoms with E-state index in [1.165, 1.54) is 28.6 Å². The minimum absolute atomic E-state index is 0.0191. The number of amides is 1. The van der Waals surface area contributed by atoms with Gasteiger partial charge in [-0.15, -0.1) is 0 Å². The lowest BCUT2D eigenvalue weighted by Gasteiger charge is -2.31. The Morgan fingerprint density at radius 3 is 2.46 bits per heavy atom. The first-order chi connectivity index (χ1) is 19.4. The number of oxazole rings is 1. The highest BCUT2D eigenvalue weighted by Gasteiger charge is 2.32. The minimum atomic E-state index is -4.05. The zero-order valence-electron chi connectivity index (χ0n) is 23.5. The number of aliphatic hydroxyl groups is 1. The maximum Gasteiger partial charge on any atom is 0.252 e. The van der Waals surface area contributed by atoms with E-state index in [2.05, 4.69) is 10.3 Å². The molecule has 10 nitrogen and oxygen atoms in total. The molecule has 0 aliphatic carbocycles. The maximum absolute atomic E-state index is 13.8. The molecule has 0 radical (unpaired) electrons. The number of carbonyl (C=O) groups is 1. The molecule has 4 aromatic rings. The molecular weight excluding hydrogens is 544 g/mol. The standard InChI is InChI=1S/C30H36N4O6S/c1-18(2)16-34(41(38,39)22-10-13-25-28(15-22)40-20(4)32-25)17-27(35)26(14-21-8-6-5-7-9-21)33-30(37)23-11-12-24(31)29(36)19(23)3/h5-13,15,18,26-27,35-36H,14,16-17,31H2,1-4H3,(H,33,37)/t26-,27+/m0/s1. The normalized spacial score (nSPS) is 13.5. The summed E-state index contributed by atoms with van der Waals surface area (Å²) in [5, 5.41) is 24.6. The van der Waals surface area contributed by atoms with Crippen molar-refractivity contribution >= 4 is 32.7 Å². The second-order valence-corrected chi connectivity index (χ2v) is 12.5. The van der Waals surface area contributed by atoms with Crippen LogP contribution in [0.15, 0.2) is 70.0 Å². The molecule has 0 spiro atoms. The Balaban J connectivity index is 1.64. The highest BCUT2D eigenvalue weighted by atomic mass is 32.2. The lowest BCUT2D eigenvalue weighted by atomic mass is 9.99. The van der Waals surface area contributed by atoms with Crippen LogP contribution in [0.1, 0.15) is 41.2 Å². The van der Waals surface area contributed by atoms with Crippen LogP contribution in [0.25, 0.3) is 11.1 Å². The first-order valence-electron chi connectivity index (χ1n) is 13.3. The number of fused-ring (bicyclic) bond motifs is 1. The number of nitrogen functional groups attached to an aromatic ring is 1. The monoisotopic (exact) mass is 580 g/mol. The van der Waals surface area contributed by atoms with Crippen molar-refractivity contribution in [3.63, 3.8) is 0 Å². The summed E-state index contributed by atoms with van der Waals surface area (Å²) < 4.78 is 34.4. The van der Waals surface area contributed by atoms with Crippen LogP contribution in [-0.2, 0) is 16.4 Å². The second kappa shape index (κ2) is 12.3. The Morgan fingerprint density at radius 1 is 1.07 bits per heavy atom. The lowest BCUT2D eigenvalue weighted by molar-refractivity contribution is 0.0775. The number of phenols is 1. The predicted octanol–water partition coefficient (Wildman–Crippen LogP) is 3.78. The number of carbonyl (C=O) groups excluding carboxylic acids is 1. The van der Waals surface area contributed by atoms with Crippen molar-refractivity contribution in [2.24, 2.45) is 5.92 Å². The van der Waals surface area contributed by atoms with Gasteiger partial charge in [-0.3, -0.25) is 4.79 Å². The molecule has 41 heavy (non-hydrogen) atoms. The van der Waals surface area contributed by atoms with Crippen molar-refractivity contribution in [1.82, 2.24) is 14.6 Å². The molecule has 1 amide bonds. The molecule has 1 aromatic heterocycles. The number of aryl methyl sites for hydroxylation is 1. The largest absolute Gasteiger partial charge is 0.505 e. The molecule has 5 N–H and O–H groups in total. The van der Waals surface area contributed by atoms with Crippen molar-refractivity contribution in [2.45, 2.75) is 51.2 Å². The topological polar surface area (TPSA) is 159 Å². The average Bonchev–Trinajstić information content (AvgIpc) is 3.30. The number of nitrogens with zero attached hydrogens (tertiary/aromatic N) is 2. The van der Waals surface area contributed by atoms with Crippen molar-refractivity contribution in [2.75, 3.05) is 18.8 Å².